The van der Waals surface area contributed by atoms with Crippen LogP contribution in [0.5, 0.6) is 0 Å². The van der Waals surface area contributed by atoms with Gasteiger partial charge in [-0.2, -0.15) is 0 Å². The Morgan fingerprint density at radius 3 is 1.33 bits per heavy atom. The van der Waals surface area contributed by atoms with Gasteiger partial charge < -0.3 is 18.9 Å². The van der Waals surface area contributed by atoms with Crippen molar-refractivity contribution in [3.05, 3.63) is 70.8 Å². The van der Waals surface area contributed by atoms with Crippen molar-refractivity contribution in [3.8, 4) is 0 Å². The van der Waals surface area contributed by atoms with E-state index in [9.17, 15) is 9.59 Å². The minimum Gasteiger partial charge on any atom is -0.429 e. The fraction of sp³-hybridized carbons (Fsp3) is 0.222. The van der Waals surface area contributed by atoms with Gasteiger partial charge in [-0.3, -0.25) is 0 Å². The van der Waals surface area contributed by atoms with E-state index in [1.54, 1.807) is 36.4 Å². The van der Waals surface area contributed by atoms with Gasteiger partial charge in [0, 0.05) is 0 Å². The lowest BCUT2D eigenvalue weighted by Gasteiger charge is -2.08. The summed E-state index contributed by atoms with van der Waals surface area (Å²) < 4.78 is 20.3. The van der Waals surface area contributed by atoms with Gasteiger partial charge in [0.1, 0.15) is 26.4 Å². The summed E-state index contributed by atoms with van der Waals surface area (Å²) in [7, 11) is 0. The van der Waals surface area contributed by atoms with Crippen LogP contribution in [0.15, 0.2) is 48.5 Å². The third kappa shape index (κ3) is 4.49. The molecule has 2 aliphatic heterocycles. The number of hydrogen-bond acceptors (Lipinski definition) is 6. The molecule has 0 amide bonds. The largest absolute Gasteiger partial charge is 0.508 e. The first kappa shape index (κ1) is 15.9. The fourth-order valence-corrected chi connectivity index (χ4v) is 2.19. The van der Waals surface area contributed by atoms with Gasteiger partial charge in [-0.15, -0.1) is 0 Å². The molecule has 2 aliphatic rings. The van der Waals surface area contributed by atoms with Crippen LogP contribution < -0.4 is 0 Å². The molecule has 6 nitrogen and oxygen atoms in total. The summed E-state index contributed by atoms with van der Waals surface area (Å²) in [5.74, 6) is 0. The van der Waals surface area contributed by atoms with Gasteiger partial charge in [-0.1, -0.05) is 42.5 Å². The summed E-state index contributed by atoms with van der Waals surface area (Å²) >= 11 is 0. The van der Waals surface area contributed by atoms with Gasteiger partial charge in [0.15, 0.2) is 0 Å². The first-order valence-electron chi connectivity index (χ1n) is 7.44. The Hall–Kier alpha value is -3.02. The average Bonchev–Trinajstić information content (AvgIpc) is 2.62. The molecule has 0 saturated heterocycles. The summed E-state index contributed by atoms with van der Waals surface area (Å²) in [5.41, 5.74) is 3.17. The Morgan fingerprint density at radius 1 is 0.542 bits per heavy atom. The van der Waals surface area contributed by atoms with Crippen LogP contribution in [0.4, 0.5) is 9.59 Å². The lowest BCUT2D eigenvalue weighted by molar-refractivity contribution is 0.0444. The first-order chi connectivity index (χ1) is 11.7. The van der Waals surface area contributed by atoms with E-state index in [-0.39, 0.29) is 26.4 Å². The molecule has 0 radical (unpaired) electrons. The van der Waals surface area contributed by atoms with Crippen molar-refractivity contribution in [2.24, 2.45) is 0 Å². The van der Waals surface area contributed by atoms with Crippen LogP contribution >= 0.6 is 0 Å². The summed E-state index contributed by atoms with van der Waals surface area (Å²) in [6.45, 7) is 0.385. The van der Waals surface area contributed by atoms with Crippen LogP contribution in [0.3, 0.4) is 0 Å². The number of hydrogen-bond donors (Lipinski definition) is 0. The van der Waals surface area contributed by atoms with Crippen LogP contribution in [0.1, 0.15) is 22.3 Å². The number of fused-ring (bicyclic) bond motifs is 10. The molecule has 0 atom stereocenters. The van der Waals surface area contributed by atoms with Gasteiger partial charge in [0.2, 0.25) is 0 Å². The van der Waals surface area contributed by atoms with Gasteiger partial charge in [-0.25, -0.2) is 9.59 Å². The van der Waals surface area contributed by atoms with Crippen molar-refractivity contribution >= 4 is 12.3 Å². The van der Waals surface area contributed by atoms with Gasteiger partial charge in [0.05, 0.1) is 0 Å². The van der Waals surface area contributed by atoms with Crippen molar-refractivity contribution in [1.29, 1.82) is 0 Å². The van der Waals surface area contributed by atoms with Crippen LogP contribution in [0, 0.1) is 0 Å². The van der Waals surface area contributed by atoms with E-state index in [0.717, 1.165) is 22.3 Å². The lowest BCUT2D eigenvalue weighted by atomic mass is 10.1. The maximum atomic E-state index is 11.6. The fourth-order valence-electron chi connectivity index (χ4n) is 2.19. The third-order valence-electron chi connectivity index (χ3n) is 3.44. The van der Waals surface area contributed by atoms with Crippen LogP contribution in [0.25, 0.3) is 0 Å². The monoisotopic (exact) mass is 328 g/mol. The number of benzene rings is 2. The van der Waals surface area contributed by atoms with E-state index in [4.69, 9.17) is 18.9 Å². The quantitative estimate of drug-likeness (QED) is 0.687. The molecule has 24 heavy (non-hydrogen) atoms. The predicted molar refractivity (Wildman–Crippen MR) is 82.8 cm³/mol. The van der Waals surface area contributed by atoms with E-state index in [1.807, 2.05) is 12.1 Å². The molecule has 124 valence electrons. The normalized spacial score (nSPS) is 15.5. The molecule has 0 fully saturated rings. The lowest BCUT2D eigenvalue weighted by Crippen LogP contribution is -2.08. The molecule has 4 rings (SSSR count). The molecule has 0 unspecified atom stereocenters. The second kappa shape index (κ2) is 7.50. The van der Waals surface area contributed by atoms with Crippen LogP contribution in [0.2, 0.25) is 0 Å². The Bertz CT molecular complexity index is 664. The summed E-state index contributed by atoms with van der Waals surface area (Å²) in [4.78, 5) is 23.3. The van der Waals surface area contributed by atoms with Crippen molar-refractivity contribution in [1.82, 2.24) is 0 Å². The summed E-state index contributed by atoms with van der Waals surface area (Å²) in [6.07, 6.45) is -1.47. The van der Waals surface area contributed by atoms with Gasteiger partial charge in [0.25, 0.3) is 0 Å². The number of ether oxygens (including phenoxy) is 4. The van der Waals surface area contributed by atoms with Gasteiger partial charge >= 0.3 is 12.3 Å². The third-order valence-corrected chi connectivity index (χ3v) is 3.44. The minimum absolute atomic E-state index is 0.0794. The Labute approximate surface area is 138 Å². The maximum absolute atomic E-state index is 11.6. The first-order valence-corrected chi connectivity index (χ1v) is 7.44. The molecule has 0 aliphatic carbocycles. The van der Waals surface area contributed by atoms with E-state index in [1.165, 1.54) is 0 Å². The van der Waals surface area contributed by atoms with Crippen molar-refractivity contribution in [3.63, 3.8) is 0 Å². The van der Waals surface area contributed by atoms with E-state index < -0.39 is 12.3 Å². The highest BCUT2D eigenvalue weighted by Gasteiger charge is 2.09. The molecule has 0 saturated carbocycles. The molecular weight excluding hydrogens is 312 g/mol. The molecular formula is C18H16O6. The highest BCUT2D eigenvalue weighted by Crippen LogP contribution is 2.12. The second-order valence-corrected chi connectivity index (χ2v) is 5.29. The van der Waals surface area contributed by atoms with E-state index in [2.05, 4.69) is 0 Å². The SMILES string of the molecule is O=C1OCc2ccc(cc2)COC(=O)OCc2cccc(c2)CO1. The van der Waals surface area contributed by atoms with E-state index >= 15 is 0 Å². The molecule has 0 spiro atoms. The molecule has 2 heterocycles. The average molecular weight is 328 g/mol. The highest BCUT2D eigenvalue weighted by molar-refractivity contribution is 5.60. The zero-order chi connectivity index (χ0) is 16.8. The van der Waals surface area contributed by atoms with Gasteiger partial charge in [-0.05, 0) is 28.3 Å². The second-order valence-electron chi connectivity index (χ2n) is 5.29. The Balaban J connectivity index is 1.75. The van der Waals surface area contributed by atoms with Crippen molar-refractivity contribution < 1.29 is 28.5 Å². The topological polar surface area (TPSA) is 71.1 Å². The predicted octanol–water partition coefficient (Wildman–Crippen LogP) is 3.71. The minimum atomic E-state index is -0.733. The maximum Gasteiger partial charge on any atom is 0.508 e. The van der Waals surface area contributed by atoms with Crippen LogP contribution in [-0.2, 0) is 45.4 Å². The molecule has 4 bridgehead atoms. The molecule has 6 heteroatoms. The zero-order valence-electron chi connectivity index (χ0n) is 12.9. The highest BCUT2D eigenvalue weighted by atomic mass is 16.7. The van der Waals surface area contributed by atoms with Crippen molar-refractivity contribution in [2.45, 2.75) is 26.4 Å². The molecule has 0 N–H and O–H groups in total. The standard InChI is InChI=1S/C18H16O6/c19-17-21-9-13-4-6-14(7-5-13)10-22-18(20)24-12-16-3-1-2-15(8-16)11-23-17/h1-8H,9-12H2. The summed E-state index contributed by atoms with van der Waals surface area (Å²) in [5, 5.41) is 0. The van der Waals surface area contributed by atoms with Crippen molar-refractivity contribution in [2.75, 3.05) is 0 Å². The zero-order valence-corrected chi connectivity index (χ0v) is 12.9. The molecule has 0 aromatic heterocycles. The Kier molecular flexibility index (Phi) is 4.96. The molecule has 2 aromatic carbocycles. The number of carbonyl (C=O) groups is 2. The smallest absolute Gasteiger partial charge is 0.429 e. The van der Waals surface area contributed by atoms with Crippen LogP contribution in [-0.4, -0.2) is 12.3 Å². The van der Waals surface area contributed by atoms with E-state index in [0.29, 0.717) is 0 Å². The Morgan fingerprint density at radius 2 is 0.917 bits per heavy atom. The molecule has 2 aromatic rings. The number of rotatable bonds is 0. The number of carbonyl (C=O) groups excluding carboxylic acids is 2. The summed E-state index contributed by atoms with van der Waals surface area (Å²) in [6, 6.07) is 14.4.